The largest absolute Gasteiger partial charge is 0.352 e. The Hall–Kier alpha value is -3.17. The molecule has 0 saturated heterocycles. The van der Waals surface area contributed by atoms with Crippen molar-refractivity contribution in [2.75, 3.05) is 17.1 Å². The zero-order valence-electron chi connectivity index (χ0n) is 22.9. The summed E-state index contributed by atoms with van der Waals surface area (Å²) < 4.78 is 27.6. The second-order valence-corrected chi connectivity index (χ2v) is 13.3. The number of rotatable bonds is 11. The summed E-state index contributed by atoms with van der Waals surface area (Å²) in [6.45, 7) is 1.73. The molecule has 1 saturated carbocycles. The first-order valence-electron chi connectivity index (χ1n) is 13.5. The van der Waals surface area contributed by atoms with Crippen molar-refractivity contribution in [1.29, 1.82) is 0 Å². The Morgan fingerprint density at radius 3 is 2.25 bits per heavy atom. The molecule has 0 unspecified atom stereocenters. The maximum Gasteiger partial charge on any atom is 0.244 e. The molecule has 40 heavy (non-hydrogen) atoms. The third kappa shape index (κ3) is 8.17. The van der Waals surface area contributed by atoms with E-state index in [4.69, 9.17) is 0 Å². The number of hydrogen-bond acceptors (Lipinski definition) is 4. The molecular formula is C31H36BrN3O4S. The first-order valence-corrected chi connectivity index (χ1v) is 16.2. The molecule has 3 aromatic carbocycles. The molecule has 9 heteroatoms. The summed E-state index contributed by atoms with van der Waals surface area (Å²) in [5.41, 5.74) is 3.23. The van der Waals surface area contributed by atoms with E-state index in [1.807, 2.05) is 61.5 Å². The number of carbonyl (C=O) groups excluding carboxylic acids is 2. The maximum atomic E-state index is 14.1. The minimum Gasteiger partial charge on any atom is -0.352 e. The fourth-order valence-corrected chi connectivity index (χ4v) is 6.29. The average molecular weight is 627 g/mol. The molecule has 0 heterocycles. The first-order chi connectivity index (χ1) is 19.1. The molecule has 7 nitrogen and oxygen atoms in total. The van der Waals surface area contributed by atoms with E-state index in [9.17, 15) is 18.0 Å². The molecule has 4 rings (SSSR count). The van der Waals surface area contributed by atoms with E-state index in [0.29, 0.717) is 16.6 Å². The van der Waals surface area contributed by atoms with Crippen molar-refractivity contribution in [3.63, 3.8) is 0 Å². The normalized spacial score (nSPS) is 14.5. The topological polar surface area (TPSA) is 86.8 Å². The van der Waals surface area contributed by atoms with Crippen molar-refractivity contribution in [1.82, 2.24) is 10.2 Å². The van der Waals surface area contributed by atoms with Gasteiger partial charge in [0.25, 0.3) is 0 Å². The van der Waals surface area contributed by atoms with Crippen LogP contribution in [0.5, 0.6) is 0 Å². The van der Waals surface area contributed by atoms with Gasteiger partial charge in [-0.1, -0.05) is 95.0 Å². The van der Waals surface area contributed by atoms with Crippen LogP contribution in [-0.2, 0) is 32.6 Å². The van der Waals surface area contributed by atoms with E-state index >= 15 is 0 Å². The highest BCUT2D eigenvalue weighted by Crippen LogP contribution is 2.24. The van der Waals surface area contributed by atoms with E-state index in [-0.39, 0.29) is 18.5 Å². The van der Waals surface area contributed by atoms with Gasteiger partial charge in [0, 0.05) is 23.5 Å². The van der Waals surface area contributed by atoms with Gasteiger partial charge in [0.15, 0.2) is 0 Å². The molecule has 0 bridgehead atoms. The Labute approximate surface area is 245 Å². The molecule has 1 fully saturated rings. The molecule has 0 aromatic heterocycles. The van der Waals surface area contributed by atoms with Crippen molar-refractivity contribution in [2.24, 2.45) is 0 Å². The Bertz CT molecular complexity index is 1410. The van der Waals surface area contributed by atoms with Gasteiger partial charge in [0.1, 0.15) is 12.6 Å². The van der Waals surface area contributed by atoms with Gasteiger partial charge < -0.3 is 10.2 Å². The number of hydrogen-bond donors (Lipinski definition) is 1. The van der Waals surface area contributed by atoms with E-state index < -0.39 is 28.5 Å². The second kappa shape index (κ2) is 13.5. The number of amides is 2. The summed E-state index contributed by atoms with van der Waals surface area (Å²) in [5.74, 6) is -0.668. The Kier molecular flexibility index (Phi) is 10.0. The lowest BCUT2D eigenvalue weighted by atomic mass is 10.0. The minimum atomic E-state index is -3.80. The fraction of sp³-hybridized carbons (Fsp3) is 0.355. The van der Waals surface area contributed by atoms with Crippen LogP contribution in [0.3, 0.4) is 0 Å². The molecule has 212 valence electrons. The summed E-state index contributed by atoms with van der Waals surface area (Å²) in [5, 5.41) is 3.18. The zero-order chi connectivity index (χ0) is 28.7. The number of carbonyl (C=O) groups is 2. The van der Waals surface area contributed by atoms with Gasteiger partial charge in [0.2, 0.25) is 21.8 Å². The van der Waals surface area contributed by atoms with E-state index in [0.717, 1.165) is 52.9 Å². The van der Waals surface area contributed by atoms with E-state index in [1.165, 1.54) is 4.90 Å². The number of sulfonamides is 1. The number of anilines is 1. The second-order valence-electron chi connectivity index (χ2n) is 10.5. The molecule has 1 aliphatic rings. The summed E-state index contributed by atoms with van der Waals surface area (Å²) in [6, 6.07) is 23.5. The number of halogens is 1. The summed E-state index contributed by atoms with van der Waals surface area (Å²) >= 11 is 3.39. The number of nitrogens with zero attached hydrogens (tertiary/aromatic N) is 2. The van der Waals surface area contributed by atoms with Crippen molar-refractivity contribution >= 4 is 43.5 Å². The number of nitrogens with one attached hydrogen (secondary N) is 1. The molecule has 0 aliphatic heterocycles. The van der Waals surface area contributed by atoms with Gasteiger partial charge in [0.05, 0.1) is 11.9 Å². The molecule has 0 spiro atoms. The van der Waals surface area contributed by atoms with Crippen molar-refractivity contribution < 1.29 is 18.0 Å². The monoisotopic (exact) mass is 625 g/mol. The van der Waals surface area contributed by atoms with E-state index in [1.54, 1.807) is 24.3 Å². The van der Waals surface area contributed by atoms with Crippen LogP contribution in [0, 0.1) is 6.92 Å². The van der Waals surface area contributed by atoms with Crippen LogP contribution in [0.25, 0.3) is 0 Å². The summed E-state index contributed by atoms with van der Waals surface area (Å²) in [4.78, 5) is 29.5. The van der Waals surface area contributed by atoms with Crippen molar-refractivity contribution in [3.8, 4) is 0 Å². The lowest BCUT2D eigenvalue weighted by molar-refractivity contribution is -0.140. The Balaban J connectivity index is 1.72. The molecule has 3 aromatic rings. The van der Waals surface area contributed by atoms with Gasteiger partial charge in [-0.2, -0.15) is 0 Å². The predicted molar refractivity (Wildman–Crippen MR) is 162 cm³/mol. The molecule has 1 aliphatic carbocycles. The molecule has 0 radical (unpaired) electrons. The maximum absolute atomic E-state index is 14.1. The quantitative estimate of drug-likeness (QED) is 0.316. The van der Waals surface area contributed by atoms with Gasteiger partial charge in [-0.25, -0.2) is 8.42 Å². The van der Waals surface area contributed by atoms with Crippen LogP contribution in [0.1, 0.15) is 42.4 Å². The standard InChI is InChI=1S/C31H36BrN3O4S/c1-23-15-17-25(18-16-23)21-34(30(36)22-35(40(2,38)39)28-14-8-11-26(32)20-28)29(19-24-9-4-3-5-10-24)31(37)33-27-12-6-7-13-27/h3-5,8-11,14-18,20,27,29H,6-7,12-13,19,21-22H2,1-2H3,(H,33,37)/t29-/m1/s1. The van der Waals surface area contributed by atoms with Gasteiger partial charge in [-0.3, -0.25) is 13.9 Å². The fourth-order valence-electron chi connectivity index (χ4n) is 5.06. The van der Waals surface area contributed by atoms with Crippen LogP contribution < -0.4 is 9.62 Å². The van der Waals surface area contributed by atoms with Crippen LogP contribution in [0.4, 0.5) is 5.69 Å². The van der Waals surface area contributed by atoms with Crippen molar-refractivity contribution in [2.45, 2.75) is 57.7 Å². The van der Waals surface area contributed by atoms with Gasteiger partial charge in [-0.05, 0) is 49.1 Å². The zero-order valence-corrected chi connectivity index (χ0v) is 25.3. The molecule has 1 N–H and O–H groups in total. The molecular weight excluding hydrogens is 590 g/mol. The average Bonchev–Trinajstić information content (AvgIpc) is 3.43. The van der Waals surface area contributed by atoms with Crippen LogP contribution in [0.15, 0.2) is 83.3 Å². The number of aryl methyl sites for hydroxylation is 1. The minimum absolute atomic E-state index is 0.0799. The third-order valence-corrected chi connectivity index (χ3v) is 8.86. The summed E-state index contributed by atoms with van der Waals surface area (Å²) in [7, 11) is -3.80. The van der Waals surface area contributed by atoms with Crippen LogP contribution in [-0.4, -0.2) is 50.0 Å². The smallest absolute Gasteiger partial charge is 0.244 e. The van der Waals surface area contributed by atoms with Crippen molar-refractivity contribution in [3.05, 3.63) is 100 Å². The summed E-state index contributed by atoms with van der Waals surface area (Å²) in [6.07, 6.45) is 5.36. The van der Waals surface area contributed by atoms with Gasteiger partial charge >= 0.3 is 0 Å². The highest BCUT2D eigenvalue weighted by atomic mass is 79.9. The van der Waals surface area contributed by atoms with Crippen LogP contribution in [0.2, 0.25) is 0 Å². The lowest BCUT2D eigenvalue weighted by Crippen LogP contribution is -2.54. The lowest BCUT2D eigenvalue weighted by Gasteiger charge is -2.34. The van der Waals surface area contributed by atoms with Crippen LogP contribution >= 0.6 is 15.9 Å². The Morgan fingerprint density at radius 1 is 0.950 bits per heavy atom. The Morgan fingerprint density at radius 2 is 1.62 bits per heavy atom. The highest BCUT2D eigenvalue weighted by Gasteiger charge is 2.34. The molecule has 2 amide bonds. The molecule has 1 atom stereocenters. The SMILES string of the molecule is Cc1ccc(CN(C(=O)CN(c2cccc(Br)c2)S(C)(=O)=O)[C@H](Cc2ccccc2)C(=O)NC2CCCC2)cc1. The first kappa shape index (κ1) is 29.8. The van der Waals surface area contributed by atoms with E-state index in [2.05, 4.69) is 21.2 Å². The third-order valence-electron chi connectivity index (χ3n) is 7.22. The van der Waals surface area contributed by atoms with Gasteiger partial charge in [-0.15, -0.1) is 0 Å². The number of benzene rings is 3. The highest BCUT2D eigenvalue weighted by molar-refractivity contribution is 9.10. The predicted octanol–water partition coefficient (Wildman–Crippen LogP) is 5.22.